The first-order valence-corrected chi connectivity index (χ1v) is 11.9. The number of benzene rings is 4. The third-order valence-corrected chi connectivity index (χ3v) is 5.86. The molecular formula is C31H26ClNO2. The van der Waals surface area contributed by atoms with Crippen LogP contribution in [-0.2, 0) is 13.0 Å². The van der Waals surface area contributed by atoms with Gasteiger partial charge >= 0.3 is 0 Å². The van der Waals surface area contributed by atoms with E-state index >= 15 is 0 Å². The Morgan fingerprint density at radius 3 is 2.46 bits per heavy atom. The highest BCUT2D eigenvalue weighted by atomic mass is 35.5. The second kappa shape index (κ2) is 11.4. The predicted octanol–water partition coefficient (Wildman–Crippen LogP) is 8.26. The van der Waals surface area contributed by atoms with Crippen LogP contribution in [0.3, 0.4) is 0 Å². The van der Waals surface area contributed by atoms with Crippen LogP contribution in [0, 0.1) is 11.3 Å². The zero-order chi connectivity index (χ0) is 24.6. The van der Waals surface area contributed by atoms with Crippen molar-refractivity contribution < 1.29 is 9.47 Å². The SMILES string of the molecule is C=CCc1cc(C=C(C#N)c2ccc3ccccc3c2)cc(OCC)c1OCc1ccc(Cl)cc1. The summed E-state index contributed by atoms with van der Waals surface area (Å²) in [5.41, 5.74) is 4.28. The molecule has 0 saturated heterocycles. The average Bonchev–Trinajstić information content (AvgIpc) is 2.88. The molecule has 0 saturated carbocycles. The Labute approximate surface area is 211 Å². The first-order chi connectivity index (χ1) is 17.1. The van der Waals surface area contributed by atoms with Gasteiger partial charge < -0.3 is 9.47 Å². The number of allylic oxidation sites excluding steroid dienone is 2. The molecule has 4 aromatic carbocycles. The molecule has 4 rings (SSSR count). The summed E-state index contributed by atoms with van der Waals surface area (Å²) in [5.74, 6) is 1.32. The summed E-state index contributed by atoms with van der Waals surface area (Å²) in [5, 5.41) is 12.9. The highest BCUT2D eigenvalue weighted by Crippen LogP contribution is 2.36. The molecule has 35 heavy (non-hydrogen) atoms. The normalized spacial score (nSPS) is 11.2. The van der Waals surface area contributed by atoms with Crippen molar-refractivity contribution in [2.75, 3.05) is 6.61 Å². The number of rotatable bonds is 9. The lowest BCUT2D eigenvalue weighted by Crippen LogP contribution is -2.03. The lowest BCUT2D eigenvalue weighted by molar-refractivity contribution is 0.267. The minimum absolute atomic E-state index is 0.386. The quantitative estimate of drug-likeness (QED) is 0.138. The van der Waals surface area contributed by atoms with Gasteiger partial charge in [-0.05, 0) is 77.2 Å². The van der Waals surface area contributed by atoms with Crippen LogP contribution < -0.4 is 9.47 Å². The van der Waals surface area contributed by atoms with Gasteiger partial charge in [-0.2, -0.15) is 5.26 Å². The minimum atomic E-state index is 0.386. The Kier molecular flexibility index (Phi) is 7.88. The number of hydrogen-bond donors (Lipinski definition) is 0. The number of nitrogens with zero attached hydrogens (tertiary/aromatic N) is 1. The van der Waals surface area contributed by atoms with E-state index in [0.29, 0.717) is 41.7 Å². The van der Waals surface area contributed by atoms with Crippen LogP contribution in [0.1, 0.15) is 29.2 Å². The van der Waals surface area contributed by atoms with Crippen LogP contribution in [-0.4, -0.2) is 6.61 Å². The van der Waals surface area contributed by atoms with Crippen molar-refractivity contribution in [1.29, 1.82) is 5.26 Å². The third-order valence-electron chi connectivity index (χ3n) is 5.61. The third kappa shape index (κ3) is 5.93. The van der Waals surface area contributed by atoms with E-state index in [4.69, 9.17) is 21.1 Å². The number of halogens is 1. The van der Waals surface area contributed by atoms with E-state index < -0.39 is 0 Å². The van der Waals surface area contributed by atoms with E-state index in [1.807, 2.05) is 85.8 Å². The van der Waals surface area contributed by atoms with Crippen molar-refractivity contribution in [2.24, 2.45) is 0 Å². The second-order valence-electron chi connectivity index (χ2n) is 8.08. The van der Waals surface area contributed by atoms with Gasteiger partial charge in [-0.1, -0.05) is 66.2 Å². The number of fused-ring (bicyclic) bond motifs is 1. The highest BCUT2D eigenvalue weighted by molar-refractivity contribution is 6.30. The molecule has 0 aliphatic rings. The molecule has 174 valence electrons. The van der Waals surface area contributed by atoms with Crippen molar-refractivity contribution >= 4 is 34.0 Å². The zero-order valence-corrected chi connectivity index (χ0v) is 20.4. The van der Waals surface area contributed by atoms with E-state index in [-0.39, 0.29) is 0 Å². The standard InChI is InChI=1S/C31H26ClNO2/c1-3-7-27-16-23(17-28(20-33)26-13-12-24-8-5-6-9-25(24)19-26)18-30(34-4-2)31(27)35-21-22-10-14-29(32)15-11-22/h3,5-6,8-19H,1,4,7,21H2,2H3. The number of ether oxygens (including phenoxy) is 2. The highest BCUT2D eigenvalue weighted by Gasteiger charge is 2.14. The lowest BCUT2D eigenvalue weighted by Gasteiger charge is -2.17. The first-order valence-electron chi connectivity index (χ1n) is 11.5. The van der Waals surface area contributed by atoms with Gasteiger partial charge in [-0.3, -0.25) is 0 Å². The molecule has 0 aromatic heterocycles. The molecule has 0 aliphatic heterocycles. The van der Waals surface area contributed by atoms with Crippen molar-refractivity contribution in [3.05, 3.63) is 119 Å². The van der Waals surface area contributed by atoms with Crippen LogP contribution >= 0.6 is 11.6 Å². The van der Waals surface area contributed by atoms with Crippen LogP contribution in [0.5, 0.6) is 11.5 Å². The van der Waals surface area contributed by atoms with Crippen molar-refractivity contribution in [2.45, 2.75) is 20.0 Å². The Bertz CT molecular complexity index is 1410. The van der Waals surface area contributed by atoms with Gasteiger partial charge in [0.2, 0.25) is 0 Å². The summed E-state index contributed by atoms with van der Waals surface area (Å²) in [7, 11) is 0. The molecule has 0 aliphatic carbocycles. The molecule has 0 radical (unpaired) electrons. The average molecular weight is 480 g/mol. The van der Waals surface area contributed by atoms with Crippen LogP contribution in [0.4, 0.5) is 0 Å². The molecule has 0 unspecified atom stereocenters. The molecule has 0 amide bonds. The van der Waals surface area contributed by atoms with E-state index in [1.165, 1.54) is 0 Å². The predicted molar refractivity (Wildman–Crippen MR) is 145 cm³/mol. The fourth-order valence-electron chi connectivity index (χ4n) is 3.94. The summed E-state index contributed by atoms with van der Waals surface area (Å²) >= 11 is 6.01. The molecule has 0 spiro atoms. The largest absolute Gasteiger partial charge is 0.490 e. The Morgan fingerprint density at radius 1 is 0.971 bits per heavy atom. The molecule has 0 N–H and O–H groups in total. The molecule has 0 heterocycles. The fraction of sp³-hybridized carbons (Fsp3) is 0.129. The topological polar surface area (TPSA) is 42.2 Å². The Hall–Kier alpha value is -4.00. The molecule has 0 bridgehead atoms. The monoisotopic (exact) mass is 479 g/mol. The summed E-state index contributed by atoms with van der Waals surface area (Å²) in [6.45, 7) is 6.72. The molecule has 4 aromatic rings. The minimum Gasteiger partial charge on any atom is -0.490 e. The molecule has 3 nitrogen and oxygen atoms in total. The summed E-state index contributed by atoms with van der Waals surface area (Å²) in [4.78, 5) is 0. The van der Waals surface area contributed by atoms with Crippen molar-refractivity contribution in [1.82, 2.24) is 0 Å². The van der Waals surface area contributed by atoms with E-state index in [2.05, 4.69) is 24.8 Å². The number of hydrogen-bond acceptors (Lipinski definition) is 3. The van der Waals surface area contributed by atoms with E-state index in [1.54, 1.807) is 0 Å². The van der Waals surface area contributed by atoms with Crippen LogP contribution in [0.15, 0.2) is 91.5 Å². The van der Waals surface area contributed by atoms with Gasteiger partial charge in [0.15, 0.2) is 11.5 Å². The molecular weight excluding hydrogens is 454 g/mol. The van der Waals surface area contributed by atoms with Gasteiger partial charge in [0.25, 0.3) is 0 Å². The smallest absolute Gasteiger partial charge is 0.165 e. The Morgan fingerprint density at radius 2 is 1.74 bits per heavy atom. The maximum Gasteiger partial charge on any atom is 0.165 e. The molecule has 4 heteroatoms. The van der Waals surface area contributed by atoms with Gasteiger partial charge in [-0.25, -0.2) is 0 Å². The fourth-order valence-corrected chi connectivity index (χ4v) is 4.07. The van der Waals surface area contributed by atoms with Crippen molar-refractivity contribution in [3.8, 4) is 17.6 Å². The van der Waals surface area contributed by atoms with Crippen LogP contribution in [0.2, 0.25) is 5.02 Å². The van der Waals surface area contributed by atoms with Crippen LogP contribution in [0.25, 0.3) is 22.4 Å². The maximum absolute atomic E-state index is 9.94. The van der Waals surface area contributed by atoms with E-state index in [9.17, 15) is 5.26 Å². The second-order valence-corrected chi connectivity index (χ2v) is 8.52. The van der Waals surface area contributed by atoms with E-state index in [0.717, 1.165) is 33.0 Å². The van der Waals surface area contributed by atoms with Gasteiger partial charge in [0.1, 0.15) is 6.61 Å². The Balaban J connectivity index is 1.71. The molecule has 0 atom stereocenters. The van der Waals surface area contributed by atoms with Gasteiger partial charge in [-0.15, -0.1) is 6.58 Å². The molecule has 0 fully saturated rings. The summed E-state index contributed by atoms with van der Waals surface area (Å²) in [6.07, 6.45) is 4.33. The first kappa shape index (κ1) is 24.1. The maximum atomic E-state index is 9.94. The summed E-state index contributed by atoms with van der Waals surface area (Å²) in [6, 6.07) is 28.1. The summed E-state index contributed by atoms with van der Waals surface area (Å²) < 4.78 is 12.2. The van der Waals surface area contributed by atoms with Gasteiger partial charge in [0.05, 0.1) is 18.2 Å². The zero-order valence-electron chi connectivity index (χ0n) is 19.6. The van der Waals surface area contributed by atoms with Gasteiger partial charge in [0, 0.05) is 10.6 Å². The van der Waals surface area contributed by atoms with Crippen molar-refractivity contribution in [3.63, 3.8) is 0 Å². The lowest BCUT2D eigenvalue weighted by atomic mass is 9.98. The number of nitriles is 1.